The molecule has 0 spiro atoms. The van der Waals surface area contributed by atoms with E-state index in [0.717, 1.165) is 4.90 Å². The third-order valence-electron chi connectivity index (χ3n) is 2.89. The van der Waals surface area contributed by atoms with Crippen molar-refractivity contribution in [1.82, 2.24) is 4.90 Å². The van der Waals surface area contributed by atoms with E-state index in [2.05, 4.69) is 4.74 Å². The summed E-state index contributed by atoms with van der Waals surface area (Å²) in [6.45, 7) is 6.18. The normalized spacial score (nSPS) is 27.1. The first-order valence-corrected chi connectivity index (χ1v) is 6.62. The quantitative estimate of drug-likeness (QED) is 0.775. The lowest BCUT2D eigenvalue weighted by molar-refractivity contribution is -0.172. The number of aliphatic hydroxyl groups excluding tert-OH is 1. The van der Waals surface area contributed by atoms with Crippen LogP contribution in [0.15, 0.2) is 0 Å². The molecule has 0 aromatic heterocycles. The lowest BCUT2D eigenvalue weighted by Gasteiger charge is -2.39. The number of aliphatic hydroxyl groups is 1. The van der Waals surface area contributed by atoms with Crippen LogP contribution < -0.4 is 0 Å². The molecule has 0 bridgehead atoms. The molecular formula is C13H22FNO5. The molecule has 0 aromatic carbocycles. The summed E-state index contributed by atoms with van der Waals surface area (Å²) >= 11 is 0. The smallest absolute Gasteiger partial charge is 0.410 e. The van der Waals surface area contributed by atoms with Crippen molar-refractivity contribution in [2.24, 2.45) is 0 Å². The number of carbonyl (C=O) groups excluding carboxylic acids is 2. The average molecular weight is 291 g/mol. The van der Waals surface area contributed by atoms with Gasteiger partial charge in [-0.3, -0.25) is 0 Å². The number of carbonyl (C=O) groups is 2. The highest BCUT2D eigenvalue weighted by Crippen LogP contribution is 2.28. The van der Waals surface area contributed by atoms with Gasteiger partial charge in [0.05, 0.1) is 13.2 Å². The summed E-state index contributed by atoms with van der Waals surface area (Å²) in [5, 5.41) is 9.70. The summed E-state index contributed by atoms with van der Waals surface area (Å²) in [6.07, 6.45) is -2.25. The third kappa shape index (κ3) is 3.82. The number of esters is 1. The standard InChI is InChI=1S/C13H22FNO5/c1-5-19-10(17)13(14)8-15(7-6-9(13)16)11(18)20-12(2,3)4/h9,16H,5-8H2,1-4H3. The van der Waals surface area contributed by atoms with Crippen LogP contribution in [-0.4, -0.2) is 59.1 Å². The van der Waals surface area contributed by atoms with Gasteiger partial charge >= 0.3 is 12.1 Å². The van der Waals surface area contributed by atoms with Crippen LogP contribution in [0.4, 0.5) is 9.18 Å². The fourth-order valence-electron chi connectivity index (χ4n) is 1.90. The molecule has 1 aliphatic rings. The van der Waals surface area contributed by atoms with Crippen molar-refractivity contribution in [3.63, 3.8) is 0 Å². The fourth-order valence-corrected chi connectivity index (χ4v) is 1.90. The second kappa shape index (κ2) is 5.95. The molecule has 1 N–H and O–H groups in total. The summed E-state index contributed by atoms with van der Waals surface area (Å²) in [5.74, 6) is -1.15. The molecule has 0 radical (unpaired) electrons. The molecular weight excluding hydrogens is 269 g/mol. The van der Waals surface area contributed by atoms with Crippen molar-refractivity contribution in [3.05, 3.63) is 0 Å². The fraction of sp³-hybridized carbons (Fsp3) is 0.846. The second-order valence-corrected chi connectivity index (χ2v) is 5.79. The maximum absolute atomic E-state index is 14.6. The lowest BCUT2D eigenvalue weighted by Crippen LogP contribution is -2.60. The molecule has 6 nitrogen and oxygen atoms in total. The molecule has 1 fully saturated rings. The van der Waals surface area contributed by atoms with Crippen LogP contribution in [0.5, 0.6) is 0 Å². The van der Waals surface area contributed by atoms with E-state index >= 15 is 0 Å². The molecule has 1 aliphatic heterocycles. The third-order valence-corrected chi connectivity index (χ3v) is 2.89. The van der Waals surface area contributed by atoms with Crippen LogP contribution in [0.2, 0.25) is 0 Å². The SMILES string of the molecule is CCOC(=O)C1(F)CN(C(=O)OC(C)(C)C)CCC1O. The number of hydrogen-bond donors (Lipinski definition) is 1. The Labute approximate surface area is 117 Å². The van der Waals surface area contributed by atoms with Crippen LogP contribution in [0.25, 0.3) is 0 Å². The van der Waals surface area contributed by atoms with Crippen LogP contribution >= 0.6 is 0 Å². The van der Waals surface area contributed by atoms with Crippen molar-refractivity contribution in [1.29, 1.82) is 0 Å². The van der Waals surface area contributed by atoms with E-state index in [-0.39, 0.29) is 19.6 Å². The van der Waals surface area contributed by atoms with Gasteiger partial charge in [0.15, 0.2) is 0 Å². The molecule has 20 heavy (non-hydrogen) atoms. The van der Waals surface area contributed by atoms with E-state index in [1.807, 2.05) is 0 Å². The highest BCUT2D eigenvalue weighted by atomic mass is 19.1. The van der Waals surface area contributed by atoms with E-state index in [0.29, 0.717) is 0 Å². The number of halogens is 1. The Kier molecular flexibility index (Phi) is 4.96. The molecule has 2 unspecified atom stereocenters. The molecule has 1 rings (SSSR count). The highest BCUT2D eigenvalue weighted by Gasteiger charge is 2.52. The predicted molar refractivity (Wildman–Crippen MR) is 68.9 cm³/mol. The van der Waals surface area contributed by atoms with E-state index in [1.165, 1.54) is 0 Å². The van der Waals surface area contributed by atoms with Gasteiger partial charge in [0.2, 0.25) is 5.67 Å². The summed E-state index contributed by atoms with van der Waals surface area (Å²) in [6, 6.07) is 0. The molecule has 7 heteroatoms. The summed E-state index contributed by atoms with van der Waals surface area (Å²) in [4.78, 5) is 24.6. The zero-order valence-corrected chi connectivity index (χ0v) is 12.3. The van der Waals surface area contributed by atoms with Gasteiger partial charge in [-0.25, -0.2) is 14.0 Å². The first-order chi connectivity index (χ1) is 9.10. The summed E-state index contributed by atoms with van der Waals surface area (Å²) in [7, 11) is 0. The first-order valence-electron chi connectivity index (χ1n) is 6.62. The predicted octanol–water partition coefficient (Wildman–Crippen LogP) is 1.26. The molecule has 1 amide bonds. The largest absolute Gasteiger partial charge is 0.463 e. The minimum atomic E-state index is -2.61. The van der Waals surface area contributed by atoms with E-state index in [1.54, 1.807) is 27.7 Å². The molecule has 0 aromatic rings. The van der Waals surface area contributed by atoms with Gasteiger partial charge in [0.25, 0.3) is 0 Å². The van der Waals surface area contributed by atoms with Gasteiger partial charge in [0, 0.05) is 6.54 Å². The van der Waals surface area contributed by atoms with Crippen LogP contribution in [0.3, 0.4) is 0 Å². The van der Waals surface area contributed by atoms with Crippen LogP contribution in [-0.2, 0) is 14.3 Å². The number of hydrogen-bond acceptors (Lipinski definition) is 5. The Morgan fingerprint density at radius 3 is 2.55 bits per heavy atom. The van der Waals surface area contributed by atoms with Gasteiger partial charge in [-0.2, -0.15) is 0 Å². The van der Waals surface area contributed by atoms with E-state index in [9.17, 15) is 19.1 Å². The molecule has 116 valence electrons. The number of ether oxygens (including phenoxy) is 2. The van der Waals surface area contributed by atoms with Gasteiger partial charge < -0.3 is 19.5 Å². The number of likely N-dealkylation sites (tertiary alicyclic amines) is 1. The number of piperidine rings is 1. The minimum Gasteiger partial charge on any atom is -0.463 e. The maximum atomic E-state index is 14.6. The number of amides is 1. The van der Waals surface area contributed by atoms with Crippen molar-refractivity contribution < 1.29 is 28.6 Å². The van der Waals surface area contributed by atoms with Gasteiger partial charge in [0.1, 0.15) is 11.7 Å². The monoisotopic (exact) mass is 291 g/mol. The number of rotatable bonds is 2. The van der Waals surface area contributed by atoms with Crippen LogP contribution in [0.1, 0.15) is 34.1 Å². The highest BCUT2D eigenvalue weighted by molar-refractivity contribution is 5.82. The average Bonchev–Trinajstić information content (AvgIpc) is 2.30. The number of alkyl halides is 1. The van der Waals surface area contributed by atoms with Gasteiger partial charge in [-0.1, -0.05) is 0 Å². The summed E-state index contributed by atoms with van der Waals surface area (Å²) in [5.41, 5.74) is -3.32. The van der Waals surface area contributed by atoms with Crippen molar-refractivity contribution in [2.45, 2.75) is 51.5 Å². The Morgan fingerprint density at radius 1 is 1.45 bits per heavy atom. The maximum Gasteiger partial charge on any atom is 0.410 e. The second-order valence-electron chi connectivity index (χ2n) is 5.79. The summed E-state index contributed by atoms with van der Waals surface area (Å²) < 4.78 is 24.4. The number of nitrogens with zero attached hydrogens (tertiary/aromatic N) is 1. The molecule has 1 heterocycles. The van der Waals surface area contributed by atoms with Crippen molar-refractivity contribution >= 4 is 12.1 Å². The Morgan fingerprint density at radius 2 is 2.05 bits per heavy atom. The lowest BCUT2D eigenvalue weighted by atomic mass is 9.91. The van der Waals surface area contributed by atoms with Gasteiger partial charge in [-0.15, -0.1) is 0 Å². The molecule has 2 atom stereocenters. The molecule has 0 saturated carbocycles. The molecule has 1 saturated heterocycles. The van der Waals surface area contributed by atoms with Gasteiger partial charge in [-0.05, 0) is 34.1 Å². The Bertz CT molecular complexity index is 381. The topological polar surface area (TPSA) is 76.1 Å². The zero-order chi connectivity index (χ0) is 15.6. The van der Waals surface area contributed by atoms with Crippen molar-refractivity contribution in [2.75, 3.05) is 19.7 Å². The van der Waals surface area contributed by atoms with Crippen LogP contribution in [0, 0.1) is 0 Å². The first kappa shape index (κ1) is 16.7. The van der Waals surface area contributed by atoms with Crippen molar-refractivity contribution in [3.8, 4) is 0 Å². The Hall–Kier alpha value is -1.37. The van der Waals surface area contributed by atoms with E-state index in [4.69, 9.17) is 4.74 Å². The molecule has 0 aliphatic carbocycles. The van der Waals surface area contributed by atoms with E-state index < -0.39 is 36.0 Å². The Balaban J connectivity index is 2.80. The zero-order valence-electron chi connectivity index (χ0n) is 12.3. The minimum absolute atomic E-state index is 0.00363.